The van der Waals surface area contributed by atoms with E-state index in [9.17, 15) is 4.79 Å². The average molecular weight is 204 g/mol. The van der Waals surface area contributed by atoms with Crippen LogP contribution in [0.2, 0.25) is 0 Å². The van der Waals surface area contributed by atoms with E-state index in [2.05, 4.69) is 10.3 Å². The number of nitrogens with one attached hydrogen (secondary N) is 2. The topological polar surface area (TPSA) is 44.9 Å². The molecule has 1 aliphatic heterocycles. The van der Waals surface area contributed by atoms with Crippen molar-refractivity contribution < 1.29 is 0 Å². The van der Waals surface area contributed by atoms with E-state index in [1.807, 2.05) is 12.3 Å². The van der Waals surface area contributed by atoms with Crippen molar-refractivity contribution >= 4 is 0 Å². The number of hydrogen-bond donors (Lipinski definition) is 2. The van der Waals surface area contributed by atoms with Crippen molar-refractivity contribution in [2.45, 2.75) is 25.2 Å². The van der Waals surface area contributed by atoms with Crippen molar-refractivity contribution in [1.29, 1.82) is 0 Å². The van der Waals surface area contributed by atoms with E-state index >= 15 is 0 Å². The maximum absolute atomic E-state index is 11.0. The molecule has 1 saturated carbocycles. The lowest BCUT2D eigenvalue weighted by atomic mass is 9.79. The zero-order valence-corrected chi connectivity index (χ0v) is 8.75. The Kier molecular flexibility index (Phi) is 1.96. The third kappa shape index (κ3) is 1.51. The largest absolute Gasteiger partial charge is 0.329 e. The lowest BCUT2D eigenvalue weighted by molar-refractivity contribution is 0.175. The summed E-state index contributed by atoms with van der Waals surface area (Å²) in [5, 5.41) is 3.37. The molecule has 1 aromatic rings. The fourth-order valence-corrected chi connectivity index (χ4v) is 2.97. The molecular formula is C12H16N2O. The summed E-state index contributed by atoms with van der Waals surface area (Å²) in [4.78, 5) is 13.7. The van der Waals surface area contributed by atoms with Crippen LogP contribution in [-0.2, 0) is 0 Å². The van der Waals surface area contributed by atoms with Gasteiger partial charge in [-0.15, -0.1) is 0 Å². The number of rotatable bonds is 1. The molecule has 80 valence electrons. The molecular weight excluding hydrogens is 188 g/mol. The molecule has 0 aromatic carbocycles. The number of hydrogen-bond acceptors (Lipinski definition) is 2. The van der Waals surface area contributed by atoms with Crippen molar-refractivity contribution in [3.05, 3.63) is 34.2 Å². The first-order valence-electron chi connectivity index (χ1n) is 5.67. The summed E-state index contributed by atoms with van der Waals surface area (Å²) < 4.78 is 0. The Morgan fingerprint density at radius 2 is 2.20 bits per heavy atom. The monoisotopic (exact) mass is 204 g/mol. The van der Waals surface area contributed by atoms with Crippen LogP contribution in [0.5, 0.6) is 0 Å². The van der Waals surface area contributed by atoms with Crippen molar-refractivity contribution in [3.63, 3.8) is 0 Å². The summed E-state index contributed by atoms with van der Waals surface area (Å²) in [5.41, 5.74) is 1.89. The van der Waals surface area contributed by atoms with E-state index in [1.165, 1.54) is 37.9 Å². The van der Waals surface area contributed by atoms with E-state index in [0.717, 1.165) is 0 Å². The van der Waals surface area contributed by atoms with E-state index in [1.54, 1.807) is 6.07 Å². The van der Waals surface area contributed by atoms with Crippen LogP contribution in [-0.4, -0.2) is 18.1 Å². The van der Waals surface area contributed by atoms with Gasteiger partial charge in [0.2, 0.25) is 5.56 Å². The average Bonchev–Trinajstić information content (AvgIpc) is 2.63. The molecule has 1 aromatic heterocycles. The molecule has 1 unspecified atom stereocenters. The summed E-state index contributed by atoms with van der Waals surface area (Å²) in [6, 6.07) is 3.62. The number of aromatic nitrogens is 1. The van der Waals surface area contributed by atoms with E-state index in [-0.39, 0.29) is 5.56 Å². The zero-order valence-electron chi connectivity index (χ0n) is 8.75. The van der Waals surface area contributed by atoms with Gasteiger partial charge < -0.3 is 10.3 Å². The van der Waals surface area contributed by atoms with Gasteiger partial charge in [-0.2, -0.15) is 0 Å². The van der Waals surface area contributed by atoms with Gasteiger partial charge >= 0.3 is 0 Å². The number of pyridine rings is 1. The summed E-state index contributed by atoms with van der Waals surface area (Å²) in [5.74, 6) is 0.656. The Morgan fingerprint density at radius 3 is 2.73 bits per heavy atom. The van der Waals surface area contributed by atoms with Crippen LogP contribution in [0.25, 0.3) is 0 Å². The minimum absolute atomic E-state index is 0.00299. The molecule has 2 heterocycles. The van der Waals surface area contributed by atoms with Gasteiger partial charge in [-0.05, 0) is 36.2 Å². The second-order valence-corrected chi connectivity index (χ2v) is 5.03. The molecule has 15 heavy (non-hydrogen) atoms. The summed E-state index contributed by atoms with van der Waals surface area (Å²) in [7, 11) is 0. The first-order chi connectivity index (χ1) is 7.27. The minimum Gasteiger partial charge on any atom is -0.329 e. The van der Waals surface area contributed by atoms with Crippen molar-refractivity contribution in [3.8, 4) is 0 Å². The molecule has 3 nitrogen and oxygen atoms in total. The Hall–Kier alpha value is -1.09. The molecule has 0 bridgehead atoms. The third-order valence-corrected chi connectivity index (χ3v) is 3.98. The van der Waals surface area contributed by atoms with Crippen LogP contribution in [0, 0.1) is 5.41 Å². The normalized spacial score (nSPS) is 27.9. The fraction of sp³-hybridized carbons (Fsp3) is 0.583. The summed E-state index contributed by atoms with van der Waals surface area (Å²) in [6.07, 6.45) is 5.78. The molecule has 1 aliphatic carbocycles. The molecule has 2 aliphatic rings. The molecule has 0 amide bonds. The van der Waals surface area contributed by atoms with Gasteiger partial charge in [0.1, 0.15) is 0 Å². The molecule has 2 fully saturated rings. The molecule has 1 spiro atoms. The first kappa shape index (κ1) is 9.16. The fourth-order valence-electron chi connectivity index (χ4n) is 2.97. The maximum atomic E-state index is 11.0. The van der Waals surface area contributed by atoms with Gasteiger partial charge in [-0.1, -0.05) is 6.07 Å². The number of H-pyrrole nitrogens is 1. The Morgan fingerprint density at radius 1 is 1.33 bits per heavy atom. The van der Waals surface area contributed by atoms with Crippen molar-refractivity contribution in [2.24, 2.45) is 5.41 Å². The predicted octanol–water partition coefficient (Wildman–Crippen LogP) is 1.23. The van der Waals surface area contributed by atoms with Gasteiger partial charge in [-0.3, -0.25) is 4.79 Å². The molecule has 3 rings (SSSR count). The van der Waals surface area contributed by atoms with E-state index < -0.39 is 0 Å². The highest BCUT2D eigenvalue weighted by molar-refractivity contribution is 5.18. The SMILES string of the molecule is O=c1ccc(C2CCC3(CNC3)C2)c[nH]1. The summed E-state index contributed by atoms with van der Waals surface area (Å²) >= 11 is 0. The smallest absolute Gasteiger partial charge is 0.247 e. The Balaban J connectivity index is 1.79. The van der Waals surface area contributed by atoms with E-state index in [0.29, 0.717) is 11.3 Å². The van der Waals surface area contributed by atoms with Gasteiger partial charge in [0.15, 0.2) is 0 Å². The minimum atomic E-state index is -0.00299. The lowest BCUT2D eigenvalue weighted by Crippen LogP contribution is -2.51. The van der Waals surface area contributed by atoms with Crippen LogP contribution in [0.1, 0.15) is 30.7 Å². The zero-order chi connectivity index (χ0) is 10.3. The van der Waals surface area contributed by atoms with Crippen LogP contribution in [0.4, 0.5) is 0 Å². The highest BCUT2D eigenvalue weighted by atomic mass is 16.1. The quantitative estimate of drug-likeness (QED) is 0.722. The standard InChI is InChI=1S/C12H16N2O/c15-11-2-1-10(6-14-11)9-3-4-12(5-9)7-13-8-12/h1-2,6,9,13H,3-5,7-8H2,(H,14,15). The van der Waals surface area contributed by atoms with Crippen molar-refractivity contribution in [1.82, 2.24) is 10.3 Å². The van der Waals surface area contributed by atoms with Crippen LogP contribution in [0.15, 0.2) is 23.1 Å². The van der Waals surface area contributed by atoms with Gasteiger partial charge in [0, 0.05) is 25.4 Å². The van der Waals surface area contributed by atoms with Gasteiger partial charge in [0.25, 0.3) is 0 Å². The van der Waals surface area contributed by atoms with Gasteiger partial charge in [-0.25, -0.2) is 0 Å². The Labute approximate surface area is 88.9 Å². The van der Waals surface area contributed by atoms with Crippen LogP contribution >= 0.6 is 0 Å². The molecule has 1 saturated heterocycles. The second kappa shape index (κ2) is 3.20. The third-order valence-electron chi connectivity index (χ3n) is 3.98. The molecule has 3 heteroatoms. The highest BCUT2D eigenvalue weighted by Crippen LogP contribution is 2.48. The highest BCUT2D eigenvalue weighted by Gasteiger charge is 2.43. The maximum Gasteiger partial charge on any atom is 0.247 e. The van der Waals surface area contributed by atoms with Crippen molar-refractivity contribution in [2.75, 3.05) is 13.1 Å². The second-order valence-electron chi connectivity index (χ2n) is 5.03. The van der Waals surface area contributed by atoms with Crippen LogP contribution in [0.3, 0.4) is 0 Å². The summed E-state index contributed by atoms with van der Waals surface area (Å²) in [6.45, 7) is 2.37. The Bertz CT molecular complexity index is 399. The number of aromatic amines is 1. The predicted molar refractivity (Wildman–Crippen MR) is 59.0 cm³/mol. The first-order valence-corrected chi connectivity index (χ1v) is 5.67. The molecule has 2 N–H and O–H groups in total. The molecule has 0 radical (unpaired) electrons. The van der Waals surface area contributed by atoms with Crippen LogP contribution < -0.4 is 10.9 Å². The van der Waals surface area contributed by atoms with E-state index in [4.69, 9.17) is 0 Å². The molecule has 1 atom stereocenters. The lowest BCUT2D eigenvalue weighted by Gasteiger charge is -2.39. The van der Waals surface area contributed by atoms with Gasteiger partial charge in [0.05, 0.1) is 0 Å².